The molecule has 1 aromatic heterocycles. The van der Waals surface area contributed by atoms with Gasteiger partial charge in [-0.15, -0.1) is 0 Å². The van der Waals surface area contributed by atoms with Crippen molar-refractivity contribution in [2.45, 2.75) is 6.92 Å². The predicted octanol–water partition coefficient (Wildman–Crippen LogP) is 5.38. The predicted molar refractivity (Wildman–Crippen MR) is 71.9 cm³/mol. The zero-order chi connectivity index (χ0) is 11.2. The number of aryl methyl sites for hydroxylation is 1. The van der Waals surface area contributed by atoms with Gasteiger partial charge < -0.3 is 0 Å². The fourth-order valence-corrected chi connectivity index (χ4v) is 2.77. The minimum atomic E-state index is 0.564. The number of benzene rings is 1. The summed E-state index contributed by atoms with van der Waals surface area (Å²) in [6.07, 6.45) is 0. The summed E-state index contributed by atoms with van der Waals surface area (Å²) in [6.45, 7) is 1.92. The average molecular weight is 370 g/mol. The third kappa shape index (κ3) is 2.03. The third-order valence-electron chi connectivity index (χ3n) is 2.05. The molecule has 2 rings (SSSR count). The highest BCUT2D eigenvalue weighted by Gasteiger charge is 2.11. The standard InChI is InChI=1S/C10H5Br2Cl2N/c1-4-8(11)9(12)6-2-5(13)3-7(14)10(6)15-4/h2-3H,1H3. The Balaban J connectivity index is 2.98. The van der Waals surface area contributed by atoms with Gasteiger partial charge in [-0.25, -0.2) is 0 Å². The van der Waals surface area contributed by atoms with E-state index in [1.54, 1.807) is 6.07 Å². The van der Waals surface area contributed by atoms with Crippen molar-refractivity contribution in [3.8, 4) is 0 Å². The number of fused-ring (bicyclic) bond motifs is 1. The van der Waals surface area contributed by atoms with Crippen molar-refractivity contribution in [1.29, 1.82) is 0 Å². The molecule has 0 amide bonds. The van der Waals surface area contributed by atoms with Gasteiger partial charge in [0.05, 0.1) is 20.7 Å². The van der Waals surface area contributed by atoms with Gasteiger partial charge in [-0.1, -0.05) is 23.2 Å². The molecular formula is C10H5Br2Cl2N. The second-order valence-electron chi connectivity index (χ2n) is 3.11. The highest BCUT2D eigenvalue weighted by atomic mass is 79.9. The van der Waals surface area contributed by atoms with Gasteiger partial charge in [0.1, 0.15) is 0 Å². The van der Waals surface area contributed by atoms with Crippen molar-refractivity contribution in [3.63, 3.8) is 0 Å². The average Bonchev–Trinajstić information content (AvgIpc) is 2.17. The van der Waals surface area contributed by atoms with Crippen LogP contribution >= 0.6 is 55.1 Å². The molecule has 0 aliphatic carbocycles. The van der Waals surface area contributed by atoms with E-state index in [1.165, 1.54) is 0 Å². The van der Waals surface area contributed by atoms with Crippen LogP contribution in [-0.4, -0.2) is 4.98 Å². The van der Waals surface area contributed by atoms with Gasteiger partial charge in [0, 0.05) is 14.9 Å². The van der Waals surface area contributed by atoms with Crippen molar-refractivity contribution >= 4 is 66.0 Å². The first kappa shape index (κ1) is 11.6. The Morgan fingerprint density at radius 2 is 1.80 bits per heavy atom. The fraction of sp³-hybridized carbons (Fsp3) is 0.100. The molecule has 0 N–H and O–H groups in total. The van der Waals surface area contributed by atoms with Gasteiger partial charge in [-0.2, -0.15) is 0 Å². The summed E-state index contributed by atoms with van der Waals surface area (Å²) in [5.41, 5.74) is 1.65. The molecule has 0 unspecified atom stereocenters. The van der Waals surface area contributed by atoms with Crippen molar-refractivity contribution in [3.05, 3.63) is 36.8 Å². The van der Waals surface area contributed by atoms with E-state index in [9.17, 15) is 0 Å². The Kier molecular flexibility index (Phi) is 3.27. The van der Waals surface area contributed by atoms with E-state index < -0.39 is 0 Å². The molecule has 15 heavy (non-hydrogen) atoms. The largest absolute Gasteiger partial charge is 0.250 e. The minimum absolute atomic E-state index is 0.564. The second kappa shape index (κ2) is 4.21. The summed E-state index contributed by atoms with van der Waals surface area (Å²) in [7, 11) is 0. The van der Waals surface area contributed by atoms with E-state index in [2.05, 4.69) is 36.8 Å². The van der Waals surface area contributed by atoms with Gasteiger partial charge >= 0.3 is 0 Å². The zero-order valence-corrected chi connectivity index (χ0v) is 12.3. The Morgan fingerprint density at radius 1 is 1.13 bits per heavy atom. The van der Waals surface area contributed by atoms with Gasteiger partial charge in [0.15, 0.2) is 0 Å². The number of rotatable bonds is 0. The summed E-state index contributed by atoms with van der Waals surface area (Å²) in [4.78, 5) is 4.41. The molecule has 0 aliphatic rings. The molecule has 0 fully saturated rings. The molecule has 0 saturated heterocycles. The van der Waals surface area contributed by atoms with Crippen LogP contribution in [0.4, 0.5) is 0 Å². The van der Waals surface area contributed by atoms with Gasteiger partial charge in [-0.05, 0) is 50.9 Å². The Hall–Kier alpha value is 0.170. The van der Waals surface area contributed by atoms with E-state index in [-0.39, 0.29) is 0 Å². The van der Waals surface area contributed by atoms with E-state index in [1.807, 2.05) is 13.0 Å². The Morgan fingerprint density at radius 3 is 2.47 bits per heavy atom. The van der Waals surface area contributed by atoms with Crippen LogP contribution < -0.4 is 0 Å². The molecule has 0 radical (unpaired) electrons. The summed E-state index contributed by atoms with van der Waals surface area (Å²) in [5, 5.41) is 2.07. The van der Waals surface area contributed by atoms with Crippen molar-refractivity contribution < 1.29 is 0 Å². The Bertz CT molecular complexity index is 555. The second-order valence-corrected chi connectivity index (χ2v) is 5.54. The fourth-order valence-electron chi connectivity index (χ4n) is 1.34. The molecule has 0 bridgehead atoms. The van der Waals surface area contributed by atoms with Gasteiger partial charge in [-0.3, -0.25) is 4.98 Å². The molecule has 5 heteroatoms. The number of hydrogen-bond donors (Lipinski definition) is 0. The lowest BCUT2D eigenvalue weighted by Gasteiger charge is -2.07. The number of hydrogen-bond acceptors (Lipinski definition) is 1. The lowest BCUT2D eigenvalue weighted by atomic mass is 10.2. The minimum Gasteiger partial charge on any atom is -0.250 e. The van der Waals surface area contributed by atoms with Crippen LogP contribution in [0.2, 0.25) is 10.0 Å². The van der Waals surface area contributed by atoms with Crippen molar-refractivity contribution in [2.24, 2.45) is 0 Å². The first-order valence-electron chi connectivity index (χ1n) is 4.11. The smallest absolute Gasteiger partial charge is 0.0904 e. The van der Waals surface area contributed by atoms with E-state index in [4.69, 9.17) is 23.2 Å². The summed E-state index contributed by atoms with van der Waals surface area (Å²) < 4.78 is 1.85. The maximum absolute atomic E-state index is 6.08. The first-order chi connectivity index (χ1) is 7.00. The quantitative estimate of drug-likeness (QED) is 0.608. The SMILES string of the molecule is Cc1nc2c(Cl)cc(Cl)cc2c(Br)c1Br. The van der Waals surface area contributed by atoms with Crippen molar-refractivity contribution in [2.75, 3.05) is 0 Å². The van der Waals surface area contributed by atoms with Crippen LogP contribution in [-0.2, 0) is 0 Å². The molecule has 0 aliphatic heterocycles. The molecule has 2 aromatic rings. The highest BCUT2D eigenvalue weighted by molar-refractivity contribution is 9.13. The molecule has 1 nitrogen and oxygen atoms in total. The number of halogens is 4. The summed E-state index contributed by atoms with van der Waals surface area (Å²) in [6, 6.07) is 3.53. The topological polar surface area (TPSA) is 12.9 Å². The Labute approximate surface area is 114 Å². The molecule has 0 saturated carbocycles. The van der Waals surface area contributed by atoms with E-state index in [0.29, 0.717) is 10.0 Å². The van der Waals surface area contributed by atoms with Crippen LogP contribution in [0.15, 0.2) is 21.1 Å². The van der Waals surface area contributed by atoms with Crippen LogP contribution in [0.5, 0.6) is 0 Å². The first-order valence-corrected chi connectivity index (χ1v) is 6.45. The van der Waals surface area contributed by atoms with Crippen LogP contribution in [0, 0.1) is 6.92 Å². The van der Waals surface area contributed by atoms with E-state index in [0.717, 1.165) is 25.5 Å². The molecule has 1 heterocycles. The lowest BCUT2D eigenvalue weighted by molar-refractivity contribution is 1.22. The zero-order valence-electron chi connectivity index (χ0n) is 7.61. The third-order valence-corrected chi connectivity index (χ3v) is 4.89. The molecule has 1 aromatic carbocycles. The number of pyridine rings is 1. The van der Waals surface area contributed by atoms with Crippen LogP contribution in [0.3, 0.4) is 0 Å². The normalized spacial score (nSPS) is 11.0. The lowest BCUT2D eigenvalue weighted by Crippen LogP contribution is -1.89. The van der Waals surface area contributed by atoms with E-state index >= 15 is 0 Å². The monoisotopic (exact) mass is 367 g/mol. The highest BCUT2D eigenvalue weighted by Crippen LogP contribution is 2.36. The molecular weight excluding hydrogens is 365 g/mol. The van der Waals surface area contributed by atoms with Crippen molar-refractivity contribution in [1.82, 2.24) is 4.98 Å². The number of nitrogens with zero attached hydrogens (tertiary/aromatic N) is 1. The van der Waals surface area contributed by atoms with Crippen LogP contribution in [0.1, 0.15) is 5.69 Å². The van der Waals surface area contributed by atoms with Gasteiger partial charge in [0.2, 0.25) is 0 Å². The summed E-state index contributed by atoms with van der Waals surface area (Å²) >= 11 is 19.0. The maximum atomic E-state index is 6.08. The van der Waals surface area contributed by atoms with Gasteiger partial charge in [0.25, 0.3) is 0 Å². The molecule has 0 atom stereocenters. The number of aromatic nitrogens is 1. The maximum Gasteiger partial charge on any atom is 0.0904 e. The van der Waals surface area contributed by atoms with Crippen LogP contribution in [0.25, 0.3) is 10.9 Å². The molecule has 78 valence electrons. The molecule has 0 spiro atoms. The summed E-state index contributed by atoms with van der Waals surface area (Å²) in [5.74, 6) is 0.